The summed E-state index contributed by atoms with van der Waals surface area (Å²) < 4.78 is 18.4. The average molecular weight is 386 g/mol. The molecule has 130 valence electrons. The van der Waals surface area contributed by atoms with Gasteiger partial charge in [0.05, 0.1) is 12.5 Å². The molecule has 4 nitrogen and oxygen atoms in total. The van der Waals surface area contributed by atoms with Crippen molar-refractivity contribution in [1.82, 2.24) is 9.97 Å². The Balaban J connectivity index is 1.82. The van der Waals surface area contributed by atoms with Crippen LogP contribution < -0.4 is 10.1 Å². The van der Waals surface area contributed by atoms with Crippen molar-refractivity contribution in [3.05, 3.63) is 65.0 Å². The first kappa shape index (κ1) is 16.8. The van der Waals surface area contributed by atoms with Gasteiger partial charge in [-0.05, 0) is 53.6 Å². The number of aromatic nitrogens is 2. The minimum atomic E-state index is -0.274. The second-order valence-corrected chi connectivity index (χ2v) is 6.73. The van der Waals surface area contributed by atoms with Crippen molar-refractivity contribution in [1.29, 1.82) is 0 Å². The maximum atomic E-state index is 13.3. The second-order valence-electron chi connectivity index (χ2n) is 5.53. The number of anilines is 2. The van der Waals surface area contributed by atoms with E-state index in [9.17, 15) is 4.39 Å². The highest BCUT2D eigenvalue weighted by atomic mass is 35.5. The average Bonchev–Trinajstić information content (AvgIpc) is 3.07. The molecule has 0 bridgehead atoms. The van der Waals surface area contributed by atoms with E-state index in [0.717, 1.165) is 32.8 Å². The summed E-state index contributed by atoms with van der Waals surface area (Å²) >= 11 is 7.56. The van der Waals surface area contributed by atoms with Gasteiger partial charge in [-0.1, -0.05) is 12.1 Å². The summed E-state index contributed by atoms with van der Waals surface area (Å²) in [5, 5.41) is 6.28. The van der Waals surface area contributed by atoms with Crippen LogP contribution in [0.2, 0.25) is 5.28 Å². The third-order valence-corrected chi connectivity index (χ3v) is 4.96. The van der Waals surface area contributed by atoms with Crippen LogP contribution >= 0.6 is 22.9 Å². The van der Waals surface area contributed by atoms with Gasteiger partial charge in [0.25, 0.3) is 0 Å². The number of ether oxygens (including phenoxy) is 1. The zero-order chi connectivity index (χ0) is 18.1. The molecular formula is C19H13ClFN3OS. The largest absolute Gasteiger partial charge is 0.497 e. The Morgan fingerprint density at radius 3 is 2.46 bits per heavy atom. The van der Waals surface area contributed by atoms with Crippen LogP contribution in [0, 0.1) is 5.82 Å². The van der Waals surface area contributed by atoms with E-state index in [1.165, 1.54) is 23.5 Å². The van der Waals surface area contributed by atoms with Crippen LogP contribution in [0.15, 0.2) is 53.9 Å². The second kappa shape index (κ2) is 6.90. The number of halogens is 2. The zero-order valence-corrected chi connectivity index (χ0v) is 15.2. The van der Waals surface area contributed by atoms with Crippen LogP contribution in [-0.4, -0.2) is 17.1 Å². The van der Waals surface area contributed by atoms with Crippen molar-refractivity contribution in [3.8, 4) is 16.9 Å². The number of nitrogens with one attached hydrogen (secondary N) is 1. The van der Waals surface area contributed by atoms with Crippen LogP contribution in [0.4, 0.5) is 15.9 Å². The van der Waals surface area contributed by atoms with E-state index in [-0.39, 0.29) is 11.1 Å². The topological polar surface area (TPSA) is 47.0 Å². The standard InChI is InChI=1S/C19H13ClFN3OS/c1-25-14-8-6-13(7-9-14)22-17-16-15(11-2-4-12(21)5-3-11)10-26-18(16)24-19(20)23-17/h2-10H,1H3,(H,22,23,24). The lowest BCUT2D eigenvalue weighted by molar-refractivity contribution is 0.415. The normalized spacial score (nSPS) is 10.9. The maximum Gasteiger partial charge on any atom is 0.225 e. The number of benzene rings is 2. The molecule has 4 aromatic rings. The summed E-state index contributed by atoms with van der Waals surface area (Å²) in [6.07, 6.45) is 0. The molecule has 0 saturated heterocycles. The lowest BCUT2D eigenvalue weighted by Crippen LogP contribution is -1.97. The molecule has 2 aromatic carbocycles. The summed E-state index contributed by atoms with van der Waals surface area (Å²) in [5.41, 5.74) is 2.66. The van der Waals surface area contributed by atoms with Gasteiger partial charge >= 0.3 is 0 Å². The summed E-state index contributed by atoms with van der Waals surface area (Å²) in [7, 11) is 1.62. The quantitative estimate of drug-likeness (QED) is 0.444. The predicted molar refractivity (Wildman–Crippen MR) is 104 cm³/mol. The minimum absolute atomic E-state index is 0.168. The van der Waals surface area contributed by atoms with Crippen molar-refractivity contribution >= 4 is 44.7 Å². The Kier molecular flexibility index (Phi) is 4.44. The van der Waals surface area contributed by atoms with Crippen LogP contribution in [0.25, 0.3) is 21.3 Å². The van der Waals surface area contributed by atoms with Crippen LogP contribution in [0.5, 0.6) is 5.75 Å². The van der Waals surface area contributed by atoms with Crippen molar-refractivity contribution in [2.24, 2.45) is 0 Å². The molecule has 4 rings (SSSR count). The number of hydrogen-bond acceptors (Lipinski definition) is 5. The number of rotatable bonds is 4. The van der Waals surface area contributed by atoms with E-state index in [1.54, 1.807) is 19.2 Å². The van der Waals surface area contributed by atoms with Crippen LogP contribution in [-0.2, 0) is 0 Å². The number of nitrogens with zero attached hydrogens (tertiary/aromatic N) is 2. The first-order valence-corrected chi connectivity index (χ1v) is 9.01. The van der Waals surface area contributed by atoms with Gasteiger partial charge < -0.3 is 10.1 Å². The molecule has 0 fully saturated rings. The third-order valence-electron chi connectivity index (χ3n) is 3.91. The van der Waals surface area contributed by atoms with Gasteiger partial charge in [-0.3, -0.25) is 0 Å². The molecule has 0 amide bonds. The van der Waals surface area contributed by atoms with E-state index in [4.69, 9.17) is 16.3 Å². The predicted octanol–water partition coefficient (Wildman–Crippen LogP) is 5.90. The Morgan fingerprint density at radius 1 is 1.04 bits per heavy atom. The molecule has 1 N–H and O–H groups in total. The van der Waals surface area contributed by atoms with Crippen molar-refractivity contribution < 1.29 is 9.13 Å². The van der Waals surface area contributed by atoms with E-state index < -0.39 is 0 Å². The fraction of sp³-hybridized carbons (Fsp3) is 0.0526. The molecule has 0 unspecified atom stereocenters. The Bertz CT molecular complexity index is 1060. The van der Waals surface area contributed by atoms with Crippen molar-refractivity contribution in [3.63, 3.8) is 0 Å². The molecule has 7 heteroatoms. The number of methoxy groups -OCH3 is 1. The van der Waals surface area contributed by atoms with Crippen molar-refractivity contribution in [2.45, 2.75) is 0 Å². The molecule has 2 heterocycles. The smallest absolute Gasteiger partial charge is 0.225 e. The molecule has 0 aliphatic carbocycles. The number of thiophene rings is 1. The molecule has 0 saturated carbocycles. The monoisotopic (exact) mass is 385 g/mol. The van der Waals surface area contributed by atoms with E-state index >= 15 is 0 Å². The van der Waals surface area contributed by atoms with Gasteiger partial charge in [-0.15, -0.1) is 11.3 Å². The lowest BCUT2D eigenvalue weighted by Gasteiger charge is -2.10. The molecule has 2 aromatic heterocycles. The Labute approximate surface area is 158 Å². The molecule has 0 aliphatic rings. The lowest BCUT2D eigenvalue weighted by atomic mass is 10.1. The molecule has 0 spiro atoms. The summed E-state index contributed by atoms with van der Waals surface area (Å²) in [6.45, 7) is 0. The minimum Gasteiger partial charge on any atom is -0.497 e. The summed E-state index contributed by atoms with van der Waals surface area (Å²) in [6, 6.07) is 13.9. The molecule has 0 aliphatic heterocycles. The molecular weight excluding hydrogens is 373 g/mol. The highest BCUT2D eigenvalue weighted by molar-refractivity contribution is 7.17. The van der Waals surface area contributed by atoms with Gasteiger partial charge in [0.1, 0.15) is 22.2 Å². The van der Waals surface area contributed by atoms with Crippen LogP contribution in [0.1, 0.15) is 0 Å². The molecule has 0 radical (unpaired) electrons. The van der Waals surface area contributed by atoms with E-state index in [2.05, 4.69) is 15.3 Å². The van der Waals surface area contributed by atoms with Gasteiger partial charge in [0.15, 0.2) is 0 Å². The first-order chi connectivity index (χ1) is 12.6. The van der Waals surface area contributed by atoms with Crippen LogP contribution in [0.3, 0.4) is 0 Å². The van der Waals surface area contributed by atoms with Gasteiger partial charge in [-0.2, -0.15) is 4.98 Å². The maximum absolute atomic E-state index is 13.3. The fourth-order valence-electron chi connectivity index (χ4n) is 2.66. The van der Waals surface area contributed by atoms with E-state index in [0.29, 0.717) is 5.82 Å². The van der Waals surface area contributed by atoms with E-state index in [1.807, 2.05) is 29.6 Å². The summed E-state index contributed by atoms with van der Waals surface area (Å²) in [4.78, 5) is 9.43. The van der Waals surface area contributed by atoms with Crippen molar-refractivity contribution in [2.75, 3.05) is 12.4 Å². The SMILES string of the molecule is COc1ccc(Nc2nc(Cl)nc3scc(-c4ccc(F)cc4)c23)cc1. The number of fused-ring (bicyclic) bond motifs is 1. The fourth-order valence-corrected chi connectivity index (χ4v) is 3.83. The zero-order valence-electron chi connectivity index (χ0n) is 13.7. The summed E-state index contributed by atoms with van der Waals surface area (Å²) in [5.74, 6) is 1.10. The highest BCUT2D eigenvalue weighted by Gasteiger charge is 2.15. The highest BCUT2D eigenvalue weighted by Crippen LogP contribution is 2.38. The third kappa shape index (κ3) is 3.21. The number of hydrogen-bond donors (Lipinski definition) is 1. The Morgan fingerprint density at radius 2 is 1.77 bits per heavy atom. The molecule has 26 heavy (non-hydrogen) atoms. The first-order valence-electron chi connectivity index (χ1n) is 7.76. The van der Waals surface area contributed by atoms with Gasteiger partial charge in [-0.25, -0.2) is 9.37 Å². The molecule has 0 atom stereocenters. The van der Waals surface area contributed by atoms with Gasteiger partial charge in [0, 0.05) is 16.6 Å². The van der Waals surface area contributed by atoms with Gasteiger partial charge in [0.2, 0.25) is 5.28 Å². The Hall–Kier alpha value is -2.70.